The standard InChI is InChI=1S/C12H13BrClN3/c13-12-3-2-11(14)8-10(12)9-15-5-7-17-6-1-4-16-17/h1-4,6,8,15H,5,7,9H2. The van der Waals surface area contributed by atoms with E-state index in [2.05, 4.69) is 26.3 Å². The summed E-state index contributed by atoms with van der Waals surface area (Å²) in [7, 11) is 0. The van der Waals surface area contributed by atoms with Crippen LogP contribution in [0.25, 0.3) is 0 Å². The van der Waals surface area contributed by atoms with Crippen molar-refractivity contribution in [2.24, 2.45) is 0 Å². The molecule has 0 spiro atoms. The quantitative estimate of drug-likeness (QED) is 0.860. The average molecular weight is 315 g/mol. The Morgan fingerprint density at radius 2 is 2.29 bits per heavy atom. The fourth-order valence-corrected chi connectivity index (χ4v) is 2.11. The van der Waals surface area contributed by atoms with Crippen molar-refractivity contribution in [1.29, 1.82) is 0 Å². The highest BCUT2D eigenvalue weighted by molar-refractivity contribution is 9.10. The predicted molar refractivity (Wildman–Crippen MR) is 73.1 cm³/mol. The molecule has 1 heterocycles. The fraction of sp³-hybridized carbons (Fsp3) is 0.250. The molecule has 0 aliphatic heterocycles. The SMILES string of the molecule is Clc1ccc(Br)c(CNCCn2cccn2)c1. The molecule has 0 aliphatic carbocycles. The smallest absolute Gasteiger partial charge is 0.0534 e. The normalized spacial score (nSPS) is 10.7. The monoisotopic (exact) mass is 313 g/mol. The van der Waals surface area contributed by atoms with Gasteiger partial charge in [-0.2, -0.15) is 5.10 Å². The highest BCUT2D eigenvalue weighted by Crippen LogP contribution is 2.20. The summed E-state index contributed by atoms with van der Waals surface area (Å²) in [6.45, 7) is 2.54. The summed E-state index contributed by atoms with van der Waals surface area (Å²) < 4.78 is 2.98. The number of nitrogens with zero attached hydrogens (tertiary/aromatic N) is 2. The van der Waals surface area contributed by atoms with Crippen molar-refractivity contribution >= 4 is 27.5 Å². The fourth-order valence-electron chi connectivity index (χ4n) is 1.53. The molecule has 5 heteroatoms. The zero-order chi connectivity index (χ0) is 12.1. The van der Waals surface area contributed by atoms with Crippen molar-refractivity contribution in [1.82, 2.24) is 15.1 Å². The lowest BCUT2D eigenvalue weighted by atomic mass is 10.2. The highest BCUT2D eigenvalue weighted by Gasteiger charge is 2.00. The van der Waals surface area contributed by atoms with Crippen molar-refractivity contribution in [2.75, 3.05) is 6.54 Å². The van der Waals surface area contributed by atoms with Crippen molar-refractivity contribution in [3.63, 3.8) is 0 Å². The first-order valence-corrected chi connectivity index (χ1v) is 6.55. The summed E-state index contributed by atoms with van der Waals surface area (Å²) >= 11 is 9.45. The molecule has 0 fully saturated rings. The van der Waals surface area contributed by atoms with Gasteiger partial charge in [0.25, 0.3) is 0 Å². The van der Waals surface area contributed by atoms with Gasteiger partial charge < -0.3 is 5.32 Å². The van der Waals surface area contributed by atoms with E-state index in [9.17, 15) is 0 Å². The lowest BCUT2D eigenvalue weighted by Gasteiger charge is -2.07. The summed E-state index contributed by atoms with van der Waals surface area (Å²) in [5.74, 6) is 0. The van der Waals surface area contributed by atoms with Gasteiger partial charge in [0.15, 0.2) is 0 Å². The maximum absolute atomic E-state index is 5.95. The van der Waals surface area contributed by atoms with Gasteiger partial charge in [-0.15, -0.1) is 0 Å². The zero-order valence-electron chi connectivity index (χ0n) is 9.24. The molecule has 17 heavy (non-hydrogen) atoms. The molecule has 1 N–H and O–H groups in total. The van der Waals surface area contributed by atoms with Crippen molar-refractivity contribution in [3.05, 3.63) is 51.7 Å². The van der Waals surface area contributed by atoms with E-state index in [0.29, 0.717) is 0 Å². The van der Waals surface area contributed by atoms with E-state index in [1.54, 1.807) is 6.20 Å². The molecule has 0 bridgehead atoms. The molecular weight excluding hydrogens is 302 g/mol. The van der Waals surface area contributed by atoms with Crippen molar-refractivity contribution < 1.29 is 0 Å². The van der Waals surface area contributed by atoms with Gasteiger partial charge in [0.1, 0.15) is 0 Å². The molecule has 1 aromatic heterocycles. The van der Waals surface area contributed by atoms with Gasteiger partial charge in [0.2, 0.25) is 0 Å². The Morgan fingerprint density at radius 1 is 1.41 bits per heavy atom. The van der Waals surface area contributed by atoms with E-state index < -0.39 is 0 Å². The van der Waals surface area contributed by atoms with Crippen molar-refractivity contribution in [2.45, 2.75) is 13.1 Å². The minimum Gasteiger partial charge on any atom is -0.311 e. The Morgan fingerprint density at radius 3 is 3.06 bits per heavy atom. The Labute approximate surface area is 114 Å². The molecule has 0 saturated carbocycles. The number of halogens is 2. The summed E-state index contributed by atoms with van der Waals surface area (Å²) in [4.78, 5) is 0. The summed E-state index contributed by atoms with van der Waals surface area (Å²) in [6.07, 6.45) is 3.74. The largest absolute Gasteiger partial charge is 0.311 e. The molecule has 0 amide bonds. The van der Waals surface area contributed by atoms with Gasteiger partial charge in [0, 0.05) is 35.0 Å². The third-order valence-corrected chi connectivity index (χ3v) is 3.41. The molecule has 2 aromatic rings. The number of benzene rings is 1. The Hall–Kier alpha value is -0.840. The lowest BCUT2D eigenvalue weighted by Crippen LogP contribution is -2.19. The second-order valence-electron chi connectivity index (χ2n) is 3.68. The van der Waals surface area contributed by atoms with Gasteiger partial charge in [-0.3, -0.25) is 4.68 Å². The zero-order valence-corrected chi connectivity index (χ0v) is 11.6. The molecule has 1 aromatic carbocycles. The third kappa shape index (κ3) is 3.84. The van der Waals surface area contributed by atoms with Crippen LogP contribution in [0.2, 0.25) is 5.02 Å². The molecule has 90 valence electrons. The first-order chi connectivity index (χ1) is 8.25. The van der Waals surface area contributed by atoms with Crippen LogP contribution in [-0.2, 0) is 13.1 Å². The summed E-state index contributed by atoms with van der Waals surface area (Å²) in [5.41, 5.74) is 1.16. The van der Waals surface area contributed by atoms with Gasteiger partial charge in [-0.1, -0.05) is 27.5 Å². The minimum absolute atomic E-state index is 0.761. The molecule has 0 unspecified atom stereocenters. The second kappa shape index (κ2) is 6.19. The maximum Gasteiger partial charge on any atom is 0.0534 e. The van der Waals surface area contributed by atoms with Crippen LogP contribution in [0.4, 0.5) is 0 Å². The molecule has 0 radical (unpaired) electrons. The molecule has 0 aliphatic rings. The molecule has 3 nitrogen and oxygen atoms in total. The van der Waals surface area contributed by atoms with Gasteiger partial charge in [-0.05, 0) is 29.8 Å². The van der Waals surface area contributed by atoms with Crippen LogP contribution in [-0.4, -0.2) is 16.3 Å². The van der Waals surface area contributed by atoms with Gasteiger partial charge in [0.05, 0.1) is 6.54 Å². The molecule has 2 rings (SSSR count). The Kier molecular flexibility index (Phi) is 4.59. The van der Waals surface area contributed by atoms with Crippen LogP contribution in [0.3, 0.4) is 0 Å². The van der Waals surface area contributed by atoms with E-state index in [-0.39, 0.29) is 0 Å². The van der Waals surface area contributed by atoms with E-state index in [1.807, 2.05) is 35.1 Å². The van der Waals surface area contributed by atoms with E-state index in [0.717, 1.165) is 34.7 Å². The third-order valence-electron chi connectivity index (χ3n) is 2.40. The summed E-state index contributed by atoms with van der Waals surface area (Å²) in [6, 6.07) is 7.73. The van der Waals surface area contributed by atoms with E-state index >= 15 is 0 Å². The molecule has 0 saturated heterocycles. The maximum atomic E-state index is 5.95. The van der Waals surface area contributed by atoms with Crippen LogP contribution in [0.15, 0.2) is 41.1 Å². The first-order valence-electron chi connectivity index (χ1n) is 5.38. The Bertz CT molecular complexity index is 471. The number of hydrogen-bond acceptors (Lipinski definition) is 2. The lowest BCUT2D eigenvalue weighted by molar-refractivity contribution is 0.554. The first kappa shape index (κ1) is 12.6. The topological polar surface area (TPSA) is 29.9 Å². The Balaban J connectivity index is 1.80. The van der Waals surface area contributed by atoms with Crippen LogP contribution < -0.4 is 5.32 Å². The molecule has 0 atom stereocenters. The van der Waals surface area contributed by atoms with Crippen LogP contribution in [0.1, 0.15) is 5.56 Å². The van der Waals surface area contributed by atoms with E-state index in [1.165, 1.54) is 0 Å². The number of aromatic nitrogens is 2. The van der Waals surface area contributed by atoms with Crippen LogP contribution in [0.5, 0.6) is 0 Å². The van der Waals surface area contributed by atoms with Crippen LogP contribution >= 0.6 is 27.5 Å². The van der Waals surface area contributed by atoms with Crippen LogP contribution in [0, 0.1) is 0 Å². The number of nitrogens with one attached hydrogen (secondary N) is 1. The predicted octanol–water partition coefficient (Wildman–Crippen LogP) is 3.09. The van der Waals surface area contributed by atoms with E-state index in [4.69, 9.17) is 11.6 Å². The minimum atomic E-state index is 0.761. The van der Waals surface area contributed by atoms with Crippen molar-refractivity contribution in [3.8, 4) is 0 Å². The summed E-state index contributed by atoms with van der Waals surface area (Å²) in [5, 5.41) is 8.26. The average Bonchev–Trinajstić information content (AvgIpc) is 2.82. The molecular formula is C12H13BrClN3. The van der Waals surface area contributed by atoms with Gasteiger partial charge >= 0.3 is 0 Å². The second-order valence-corrected chi connectivity index (χ2v) is 4.97. The number of rotatable bonds is 5. The van der Waals surface area contributed by atoms with Gasteiger partial charge in [-0.25, -0.2) is 0 Å². The number of hydrogen-bond donors (Lipinski definition) is 1. The highest BCUT2D eigenvalue weighted by atomic mass is 79.9.